The molecule has 104 valence electrons. The van der Waals surface area contributed by atoms with Crippen LogP contribution in [0.15, 0.2) is 0 Å². The van der Waals surface area contributed by atoms with Crippen molar-refractivity contribution in [1.29, 1.82) is 0 Å². The van der Waals surface area contributed by atoms with Gasteiger partial charge in [-0.25, -0.2) is 0 Å². The zero-order valence-corrected chi connectivity index (χ0v) is 13.0. The molecule has 0 N–H and O–H groups in total. The van der Waals surface area contributed by atoms with Crippen LogP contribution in [0, 0.1) is 5.41 Å². The number of hydrogen-bond donors (Lipinski definition) is 0. The monoisotopic (exact) mass is 317 g/mol. The summed E-state index contributed by atoms with van der Waals surface area (Å²) in [6, 6.07) is 0. The number of likely N-dealkylation sites (tertiary alicyclic amines) is 1. The summed E-state index contributed by atoms with van der Waals surface area (Å²) in [6.45, 7) is 7.09. The number of carbonyl (C=O) groups is 1. The Labute approximate surface area is 118 Å². The van der Waals surface area contributed by atoms with Crippen molar-refractivity contribution >= 4 is 21.8 Å². The van der Waals surface area contributed by atoms with E-state index in [1.165, 1.54) is 0 Å². The lowest BCUT2D eigenvalue weighted by molar-refractivity contribution is -0.134. The number of ether oxygens (including phenoxy) is 1. The van der Waals surface area contributed by atoms with Gasteiger partial charge >= 0.3 is 0 Å². The van der Waals surface area contributed by atoms with E-state index < -0.39 is 0 Å². The van der Waals surface area contributed by atoms with Crippen LogP contribution in [0.1, 0.15) is 46.0 Å². The van der Waals surface area contributed by atoms with Crippen molar-refractivity contribution in [3.8, 4) is 0 Å². The lowest BCUT2D eigenvalue weighted by Gasteiger charge is -2.42. The van der Waals surface area contributed by atoms with Crippen LogP contribution in [0.3, 0.4) is 0 Å². The van der Waals surface area contributed by atoms with Gasteiger partial charge in [-0.05, 0) is 31.1 Å². The van der Waals surface area contributed by atoms with Crippen molar-refractivity contribution in [3.05, 3.63) is 0 Å². The number of nitrogens with zero attached hydrogens (tertiary/aromatic N) is 1. The molecule has 3 nitrogen and oxygen atoms in total. The van der Waals surface area contributed by atoms with Gasteiger partial charge in [-0.15, -0.1) is 0 Å². The second-order valence-corrected chi connectivity index (χ2v) is 7.34. The summed E-state index contributed by atoms with van der Waals surface area (Å²) < 4.78 is 5.57. The van der Waals surface area contributed by atoms with Crippen LogP contribution in [0.25, 0.3) is 0 Å². The summed E-state index contributed by atoms with van der Waals surface area (Å²) in [5, 5.41) is 0. The molecule has 0 radical (unpaired) electrons. The molecule has 2 atom stereocenters. The maximum atomic E-state index is 12.2. The van der Waals surface area contributed by atoms with Gasteiger partial charge in [0.05, 0.1) is 6.10 Å². The molecular weight excluding hydrogens is 294 g/mol. The molecule has 2 rings (SSSR count). The van der Waals surface area contributed by atoms with Gasteiger partial charge in [0, 0.05) is 30.9 Å². The largest absolute Gasteiger partial charge is 0.378 e. The fraction of sp³-hybridized carbons (Fsp3) is 0.929. The molecule has 0 saturated carbocycles. The third-order valence-electron chi connectivity index (χ3n) is 4.16. The number of halogens is 1. The average Bonchev–Trinajstić information content (AvgIpc) is 2.82. The number of rotatable bonds is 3. The molecule has 2 saturated heterocycles. The Morgan fingerprint density at radius 2 is 2.22 bits per heavy atom. The van der Waals surface area contributed by atoms with E-state index >= 15 is 0 Å². The van der Waals surface area contributed by atoms with Crippen LogP contribution < -0.4 is 0 Å². The summed E-state index contributed by atoms with van der Waals surface area (Å²) >= 11 is 3.72. The van der Waals surface area contributed by atoms with Crippen molar-refractivity contribution in [2.24, 2.45) is 5.41 Å². The Bertz CT molecular complexity index is 300. The van der Waals surface area contributed by atoms with E-state index in [2.05, 4.69) is 29.8 Å². The second kappa shape index (κ2) is 5.91. The zero-order valence-electron chi connectivity index (χ0n) is 11.5. The van der Waals surface area contributed by atoms with E-state index in [0.717, 1.165) is 45.4 Å². The quantitative estimate of drug-likeness (QED) is 0.749. The molecule has 1 amide bonds. The van der Waals surface area contributed by atoms with Gasteiger partial charge in [0.25, 0.3) is 0 Å². The molecule has 0 aliphatic carbocycles. The molecule has 2 heterocycles. The first kappa shape index (κ1) is 14.3. The Balaban J connectivity index is 1.78. The molecule has 0 spiro atoms. The standard InChI is InChI=1S/C14H24BrNO2/c1-14(2)10-16(8-7-12(14)15)13(17)6-5-11-4-3-9-18-11/h11-12H,3-10H2,1-2H3. The molecule has 0 aromatic rings. The highest BCUT2D eigenvalue weighted by Gasteiger charge is 2.35. The SMILES string of the molecule is CC1(C)CN(C(=O)CCC2CCCO2)CCC1Br. The number of alkyl halides is 1. The summed E-state index contributed by atoms with van der Waals surface area (Å²) in [5.74, 6) is 0.304. The van der Waals surface area contributed by atoms with E-state index in [9.17, 15) is 4.79 Å². The van der Waals surface area contributed by atoms with Gasteiger partial charge in [0.2, 0.25) is 5.91 Å². The Morgan fingerprint density at radius 1 is 1.44 bits per heavy atom. The van der Waals surface area contributed by atoms with Crippen LogP contribution >= 0.6 is 15.9 Å². The van der Waals surface area contributed by atoms with E-state index in [1.807, 2.05) is 4.90 Å². The van der Waals surface area contributed by atoms with Crippen molar-refractivity contribution < 1.29 is 9.53 Å². The Kier molecular flexibility index (Phi) is 4.70. The minimum Gasteiger partial charge on any atom is -0.378 e. The van der Waals surface area contributed by atoms with Gasteiger partial charge in [0.1, 0.15) is 0 Å². The topological polar surface area (TPSA) is 29.5 Å². The predicted molar refractivity (Wildman–Crippen MR) is 75.9 cm³/mol. The van der Waals surface area contributed by atoms with Gasteiger partial charge in [-0.2, -0.15) is 0 Å². The molecule has 2 aliphatic rings. The molecule has 0 aromatic heterocycles. The normalized spacial score (nSPS) is 31.6. The third-order valence-corrected chi connectivity index (χ3v) is 5.85. The highest BCUT2D eigenvalue weighted by molar-refractivity contribution is 9.09. The lowest BCUT2D eigenvalue weighted by atomic mass is 9.84. The smallest absolute Gasteiger partial charge is 0.222 e. The second-order valence-electron chi connectivity index (χ2n) is 6.23. The molecule has 2 fully saturated rings. The maximum absolute atomic E-state index is 12.2. The first-order valence-corrected chi connectivity index (χ1v) is 7.94. The molecule has 0 aromatic carbocycles. The van der Waals surface area contributed by atoms with Crippen molar-refractivity contribution in [3.63, 3.8) is 0 Å². The van der Waals surface area contributed by atoms with Gasteiger partial charge in [0.15, 0.2) is 0 Å². The van der Waals surface area contributed by atoms with Gasteiger partial charge < -0.3 is 9.64 Å². The van der Waals surface area contributed by atoms with E-state index in [4.69, 9.17) is 4.74 Å². The Hall–Kier alpha value is -0.0900. The summed E-state index contributed by atoms with van der Waals surface area (Å²) in [7, 11) is 0. The highest BCUT2D eigenvalue weighted by Crippen LogP contribution is 2.34. The summed E-state index contributed by atoms with van der Waals surface area (Å²) in [4.78, 5) is 14.8. The van der Waals surface area contributed by atoms with Crippen LogP contribution in [0.5, 0.6) is 0 Å². The summed E-state index contributed by atoms with van der Waals surface area (Å²) in [6.07, 6.45) is 5.21. The van der Waals surface area contributed by atoms with Crippen LogP contribution in [-0.4, -0.2) is 41.4 Å². The van der Waals surface area contributed by atoms with Crippen LogP contribution in [0.2, 0.25) is 0 Å². The molecule has 2 aliphatic heterocycles. The zero-order chi connectivity index (χ0) is 13.2. The molecule has 0 bridgehead atoms. The van der Waals surface area contributed by atoms with E-state index in [0.29, 0.717) is 23.3 Å². The minimum atomic E-state index is 0.178. The van der Waals surface area contributed by atoms with Crippen molar-refractivity contribution in [1.82, 2.24) is 4.90 Å². The van der Waals surface area contributed by atoms with E-state index in [-0.39, 0.29) is 5.41 Å². The highest BCUT2D eigenvalue weighted by atomic mass is 79.9. The first-order chi connectivity index (χ1) is 8.49. The number of carbonyl (C=O) groups excluding carboxylic acids is 1. The average molecular weight is 318 g/mol. The first-order valence-electron chi connectivity index (χ1n) is 7.02. The predicted octanol–water partition coefficient (Wildman–Crippen LogP) is 2.97. The molecule has 4 heteroatoms. The molecule has 18 heavy (non-hydrogen) atoms. The lowest BCUT2D eigenvalue weighted by Crippen LogP contribution is -2.48. The molecular formula is C14H24BrNO2. The fourth-order valence-corrected chi connectivity index (χ4v) is 3.21. The van der Waals surface area contributed by atoms with Gasteiger partial charge in [-0.3, -0.25) is 4.79 Å². The fourth-order valence-electron chi connectivity index (χ4n) is 2.86. The molecule has 2 unspecified atom stereocenters. The van der Waals surface area contributed by atoms with E-state index in [1.54, 1.807) is 0 Å². The number of amides is 1. The van der Waals surface area contributed by atoms with Gasteiger partial charge in [-0.1, -0.05) is 29.8 Å². The van der Waals surface area contributed by atoms with Crippen LogP contribution in [0.4, 0.5) is 0 Å². The van der Waals surface area contributed by atoms with Crippen molar-refractivity contribution in [2.75, 3.05) is 19.7 Å². The van der Waals surface area contributed by atoms with Crippen molar-refractivity contribution in [2.45, 2.75) is 56.9 Å². The maximum Gasteiger partial charge on any atom is 0.222 e. The Morgan fingerprint density at radius 3 is 2.83 bits per heavy atom. The summed E-state index contributed by atoms with van der Waals surface area (Å²) in [5.41, 5.74) is 0.178. The minimum absolute atomic E-state index is 0.178. The number of hydrogen-bond acceptors (Lipinski definition) is 2. The van der Waals surface area contributed by atoms with Crippen LogP contribution in [-0.2, 0) is 9.53 Å². The third kappa shape index (κ3) is 3.47. The number of piperidine rings is 1.